The van der Waals surface area contributed by atoms with Crippen LogP contribution in [0.25, 0.3) is 11.1 Å². The maximum absolute atomic E-state index is 13.5. The topological polar surface area (TPSA) is 35.5 Å². The predicted octanol–water partition coefficient (Wildman–Crippen LogP) is 3.46. The van der Waals surface area contributed by atoms with E-state index in [-0.39, 0.29) is 0 Å². The second-order valence-corrected chi connectivity index (χ2v) is 4.35. The standard InChI is InChI=1S/C16H15FO3/c1-19-10-13-8-15(20-2)3-4-16(13)12-5-11(9-18)6-14(17)7-12/h3-9H,10H2,1-2H3. The van der Waals surface area contributed by atoms with Crippen LogP contribution in [0.4, 0.5) is 4.39 Å². The van der Waals surface area contributed by atoms with Crippen molar-refractivity contribution >= 4 is 6.29 Å². The molecule has 0 bridgehead atoms. The Morgan fingerprint density at radius 2 is 1.95 bits per heavy atom. The summed E-state index contributed by atoms with van der Waals surface area (Å²) < 4.78 is 23.9. The van der Waals surface area contributed by atoms with Crippen molar-refractivity contribution in [1.82, 2.24) is 0 Å². The molecule has 0 radical (unpaired) electrons. The molecule has 0 atom stereocenters. The molecule has 0 spiro atoms. The molecular weight excluding hydrogens is 259 g/mol. The first-order valence-electron chi connectivity index (χ1n) is 6.10. The van der Waals surface area contributed by atoms with E-state index in [1.54, 1.807) is 26.4 Å². The zero-order chi connectivity index (χ0) is 14.5. The predicted molar refractivity (Wildman–Crippen MR) is 74.5 cm³/mol. The number of rotatable bonds is 5. The zero-order valence-electron chi connectivity index (χ0n) is 11.4. The lowest BCUT2D eigenvalue weighted by Crippen LogP contribution is -1.95. The van der Waals surface area contributed by atoms with E-state index < -0.39 is 5.82 Å². The monoisotopic (exact) mass is 274 g/mol. The van der Waals surface area contributed by atoms with E-state index in [0.717, 1.165) is 11.1 Å². The van der Waals surface area contributed by atoms with E-state index in [9.17, 15) is 9.18 Å². The van der Waals surface area contributed by atoms with Crippen molar-refractivity contribution in [2.75, 3.05) is 14.2 Å². The molecule has 4 heteroatoms. The highest BCUT2D eigenvalue weighted by Gasteiger charge is 2.09. The molecule has 2 aromatic rings. The van der Waals surface area contributed by atoms with Gasteiger partial charge in [0.15, 0.2) is 0 Å². The molecule has 0 fully saturated rings. The maximum Gasteiger partial charge on any atom is 0.150 e. The molecule has 2 rings (SSSR count). The van der Waals surface area contributed by atoms with Gasteiger partial charge in [-0.2, -0.15) is 0 Å². The lowest BCUT2D eigenvalue weighted by Gasteiger charge is -2.12. The summed E-state index contributed by atoms with van der Waals surface area (Å²) in [5.74, 6) is 0.261. The SMILES string of the molecule is COCc1cc(OC)ccc1-c1cc(F)cc(C=O)c1. The highest BCUT2D eigenvalue weighted by Crippen LogP contribution is 2.29. The van der Waals surface area contributed by atoms with Crippen LogP contribution in [0.15, 0.2) is 36.4 Å². The van der Waals surface area contributed by atoms with Crippen LogP contribution in [-0.4, -0.2) is 20.5 Å². The van der Waals surface area contributed by atoms with Crippen molar-refractivity contribution in [2.24, 2.45) is 0 Å². The van der Waals surface area contributed by atoms with Gasteiger partial charge in [-0.3, -0.25) is 4.79 Å². The van der Waals surface area contributed by atoms with Crippen LogP contribution in [0.2, 0.25) is 0 Å². The summed E-state index contributed by atoms with van der Waals surface area (Å²) in [6.45, 7) is 0.374. The highest BCUT2D eigenvalue weighted by molar-refractivity contribution is 5.80. The number of halogens is 1. The Morgan fingerprint density at radius 3 is 2.60 bits per heavy atom. The molecule has 0 aliphatic rings. The molecule has 0 amide bonds. The van der Waals surface area contributed by atoms with E-state index in [1.807, 2.05) is 12.1 Å². The van der Waals surface area contributed by atoms with Crippen LogP contribution in [0.1, 0.15) is 15.9 Å². The molecule has 0 heterocycles. The van der Waals surface area contributed by atoms with E-state index in [4.69, 9.17) is 9.47 Å². The quantitative estimate of drug-likeness (QED) is 0.783. The fourth-order valence-corrected chi connectivity index (χ4v) is 2.09. The van der Waals surface area contributed by atoms with Gasteiger partial charge < -0.3 is 9.47 Å². The Bertz CT molecular complexity index is 623. The van der Waals surface area contributed by atoms with Crippen LogP contribution in [0, 0.1) is 5.82 Å². The van der Waals surface area contributed by atoms with E-state index in [2.05, 4.69) is 0 Å². The molecular formula is C16H15FO3. The summed E-state index contributed by atoms with van der Waals surface area (Å²) in [7, 11) is 3.17. The summed E-state index contributed by atoms with van der Waals surface area (Å²) >= 11 is 0. The molecule has 2 aromatic carbocycles. The summed E-state index contributed by atoms with van der Waals surface area (Å²) in [4.78, 5) is 10.8. The van der Waals surface area contributed by atoms with Gasteiger partial charge in [0.1, 0.15) is 17.9 Å². The second-order valence-electron chi connectivity index (χ2n) is 4.35. The molecule has 0 saturated heterocycles. The summed E-state index contributed by atoms with van der Waals surface area (Å²) in [6, 6.07) is 9.71. The largest absolute Gasteiger partial charge is 0.497 e. The minimum Gasteiger partial charge on any atom is -0.497 e. The third kappa shape index (κ3) is 3.03. The van der Waals surface area contributed by atoms with Gasteiger partial charge >= 0.3 is 0 Å². The van der Waals surface area contributed by atoms with Crippen molar-refractivity contribution in [2.45, 2.75) is 6.61 Å². The van der Waals surface area contributed by atoms with Gasteiger partial charge in [-0.1, -0.05) is 6.07 Å². The Kier molecular flexibility index (Phi) is 4.48. The molecule has 3 nitrogen and oxygen atoms in total. The van der Waals surface area contributed by atoms with Gasteiger partial charge in [0, 0.05) is 12.7 Å². The molecule has 0 unspecified atom stereocenters. The second kappa shape index (κ2) is 6.30. The van der Waals surface area contributed by atoms with Crippen LogP contribution in [0.3, 0.4) is 0 Å². The van der Waals surface area contributed by atoms with Crippen molar-refractivity contribution in [1.29, 1.82) is 0 Å². The Balaban J connectivity index is 2.55. The van der Waals surface area contributed by atoms with E-state index in [0.29, 0.717) is 29.8 Å². The van der Waals surface area contributed by atoms with Gasteiger partial charge in [0.2, 0.25) is 0 Å². The van der Waals surface area contributed by atoms with Gasteiger partial charge in [0.25, 0.3) is 0 Å². The first kappa shape index (κ1) is 14.2. The number of ether oxygens (including phenoxy) is 2. The average molecular weight is 274 g/mol. The number of carbonyl (C=O) groups excluding carboxylic acids is 1. The fourth-order valence-electron chi connectivity index (χ4n) is 2.09. The summed E-state index contributed by atoms with van der Waals surface area (Å²) in [6.07, 6.45) is 0.631. The minimum absolute atomic E-state index is 0.305. The van der Waals surface area contributed by atoms with Crippen LogP contribution < -0.4 is 4.74 Å². The highest BCUT2D eigenvalue weighted by atomic mass is 19.1. The van der Waals surface area contributed by atoms with Crippen molar-refractivity contribution in [3.63, 3.8) is 0 Å². The zero-order valence-corrected chi connectivity index (χ0v) is 11.4. The Hall–Kier alpha value is -2.20. The van der Waals surface area contributed by atoms with Gasteiger partial charge in [-0.15, -0.1) is 0 Å². The third-order valence-corrected chi connectivity index (χ3v) is 2.98. The van der Waals surface area contributed by atoms with E-state index >= 15 is 0 Å². The first-order chi connectivity index (χ1) is 9.67. The average Bonchev–Trinajstić information content (AvgIpc) is 2.46. The number of hydrogen-bond acceptors (Lipinski definition) is 3. The van der Waals surface area contributed by atoms with Crippen LogP contribution in [-0.2, 0) is 11.3 Å². The molecule has 104 valence electrons. The number of methoxy groups -OCH3 is 2. The molecule has 20 heavy (non-hydrogen) atoms. The van der Waals surface area contributed by atoms with Gasteiger partial charge in [0.05, 0.1) is 13.7 Å². The normalized spacial score (nSPS) is 10.3. The molecule has 0 N–H and O–H groups in total. The first-order valence-corrected chi connectivity index (χ1v) is 6.10. The van der Waals surface area contributed by atoms with Crippen LogP contribution in [0.5, 0.6) is 5.75 Å². The lowest BCUT2D eigenvalue weighted by molar-refractivity contribution is 0.112. The van der Waals surface area contributed by atoms with Crippen molar-refractivity contribution in [3.05, 3.63) is 53.3 Å². The molecule has 0 aromatic heterocycles. The molecule has 0 aliphatic carbocycles. The summed E-state index contributed by atoms with van der Waals surface area (Å²) in [5, 5.41) is 0. The smallest absolute Gasteiger partial charge is 0.150 e. The number of carbonyl (C=O) groups is 1. The lowest BCUT2D eigenvalue weighted by atomic mass is 9.98. The van der Waals surface area contributed by atoms with E-state index in [1.165, 1.54) is 12.1 Å². The molecule has 0 saturated carbocycles. The molecule has 0 aliphatic heterocycles. The van der Waals surface area contributed by atoms with Crippen LogP contribution >= 0.6 is 0 Å². The third-order valence-electron chi connectivity index (χ3n) is 2.98. The number of benzene rings is 2. The summed E-state index contributed by atoms with van der Waals surface area (Å²) in [5.41, 5.74) is 2.63. The Morgan fingerprint density at radius 1 is 1.15 bits per heavy atom. The van der Waals surface area contributed by atoms with Gasteiger partial charge in [-0.05, 0) is 47.0 Å². The number of aldehydes is 1. The van der Waals surface area contributed by atoms with Crippen molar-refractivity contribution in [3.8, 4) is 16.9 Å². The minimum atomic E-state index is -0.441. The van der Waals surface area contributed by atoms with Gasteiger partial charge in [-0.25, -0.2) is 4.39 Å². The maximum atomic E-state index is 13.5. The van der Waals surface area contributed by atoms with Crippen molar-refractivity contribution < 1.29 is 18.7 Å². The Labute approximate surface area is 117 Å². The fraction of sp³-hybridized carbons (Fsp3) is 0.188. The number of hydrogen-bond donors (Lipinski definition) is 0.